The Morgan fingerprint density at radius 1 is 1.28 bits per heavy atom. The number of carbonyl (C=O) groups is 1. The van der Waals surface area contributed by atoms with Crippen molar-refractivity contribution < 1.29 is 14.1 Å². The maximum atomic E-state index is 11.9. The molecule has 0 atom stereocenters. The van der Waals surface area contributed by atoms with Crippen LogP contribution in [0.4, 0.5) is 0 Å². The average Bonchev–Trinajstić information content (AvgIpc) is 2.70. The van der Waals surface area contributed by atoms with Crippen LogP contribution in [0.5, 0.6) is 0 Å². The van der Waals surface area contributed by atoms with Gasteiger partial charge < -0.3 is 9.26 Å². The minimum atomic E-state index is -0.0952. The third-order valence-electron chi connectivity index (χ3n) is 2.66. The Balaban J connectivity index is 1.90. The van der Waals surface area contributed by atoms with Crippen LogP contribution in [-0.2, 0) is 11.3 Å². The van der Waals surface area contributed by atoms with E-state index in [1.54, 1.807) is 13.8 Å². The zero-order valence-corrected chi connectivity index (χ0v) is 10.5. The Bertz CT molecular complexity index is 512. The molecule has 0 saturated carbocycles. The lowest BCUT2D eigenvalue weighted by Crippen LogP contribution is -2.10. The van der Waals surface area contributed by atoms with Crippen molar-refractivity contribution in [2.75, 3.05) is 6.61 Å². The number of carbonyl (C=O) groups excluding carboxylic acids is 1. The zero-order valence-electron chi connectivity index (χ0n) is 10.5. The number of Topliss-reactive ketones (excluding diaryl/α,β-unsaturated/α-hetero) is 1. The van der Waals surface area contributed by atoms with Gasteiger partial charge in [-0.25, -0.2) is 0 Å². The van der Waals surface area contributed by atoms with Crippen LogP contribution in [0, 0.1) is 13.8 Å². The molecule has 0 saturated heterocycles. The molecule has 94 valence electrons. The lowest BCUT2D eigenvalue weighted by molar-refractivity contribution is 0.0724. The molecule has 0 bridgehead atoms. The standard InChI is InChI=1S/C14H15NO3/c1-10-14(11(2)18-15-10)13(16)9-17-8-12-6-4-3-5-7-12/h3-7H,8-9H2,1-2H3. The molecule has 1 aromatic heterocycles. The smallest absolute Gasteiger partial charge is 0.193 e. The molecule has 0 aliphatic carbocycles. The second-order valence-electron chi connectivity index (χ2n) is 4.10. The highest BCUT2D eigenvalue weighted by molar-refractivity contribution is 5.98. The summed E-state index contributed by atoms with van der Waals surface area (Å²) < 4.78 is 10.4. The van der Waals surface area contributed by atoms with Gasteiger partial charge in [0.2, 0.25) is 0 Å². The summed E-state index contributed by atoms with van der Waals surface area (Å²) in [5.41, 5.74) is 2.19. The quantitative estimate of drug-likeness (QED) is 0.760. The van der Waals surface area contributed by atoms with E-state index in [1.807, 2.05) is 30.3 Å². The average molecular weight is 245 g/mol. The van der Waals surface area contributed by atoms with Gasteiger partial charge in [-0.05, 0) is 19.4 Å². The van der Waals surface area contributed by atoms with E-state index >= 15 is 0 Å². The molecule has 0 radical (unpaired) electrons. The maximum Gasteiger partial charge on any atom is 0.193 e. The molecule has 0 N–H and O–H groups in total. The predicted molar refractivity (Wildman–Crippen MR) is 66.4 cm³/mol. The van der Waals surface area contributed by atoms with Crippen LogP contribution in [0.15, 0.2) is 34.9 Å². The third kappa shape index (κ3) is 2.84. The van der Waals surface area contributed by atoms with E-state index < -0.39 is 0 Å². The molecule has 0 spiro atoms. The van der Waals surface area contributed by atoms with Crippen LogP contribution in [0.2, 0.25) is 0 Å². The van der Waals surface area contributed by atoms with Gasteiger partial charge in [-0.15, -0.1) is 0 Å². The largest absolute Gasteiger partial charge is 0.369 e. The molecule has 0 aliphatic rings. The van der Waals surface area contributed by atoms with Gasteiger partial charge in [-0.1, -0.05) is 35.5 Å². The van der Waals surface area contributed by atoms with Crippen LogP contribution in [0.3, 0.4) is 0 Å². The zero-order chi connectivity index (χ0) is 13.0. The molecule has 2 aromatic rings. The number of ether oxygens (including phenoxy) is 1. The topological polar surface area (TPSA) is 52.3 Å². The summed E-state index contributed by atoms with van der Waals surface area (Å²) in [5.74, 6) is 0.447. The molecule has 1 aromatic carbocycles. The van der Waals surface area contributed by atoms with Crippen LogP contribution in [0.25, 0.3) is 0 Å². The molecule has 1 heterocycles. The van der Waals surface area contributed by atoms with Crippen molar-refractivity contribution in [2.24, 2.45) is 0 Å². The normalized spacial score (nSPS) is 10.6. The highest BCUT2D eigenvalue weighted by atomic mass is 16.5. The number of aryl methyl sites for hydroxylation is 2. The van der Waals surface area contributed by atoms with Crippen molar-refractivity contribution in [3.8, 4) is 0 Å². The van der Waals surface area contributed by atoms with Gasteiger partial charge in [0, 0.05) is 0 Å². The second-order valence-corrected chi connectivity index (χ2v) is 4.10. The summed E-state index contributed by atoms with van der Waals surface area (Å²) in [6.07, 6.45) is 0. The summed E-state index contributed by atoms with van der Waals surface area (Å²) >= 11 is 0. The van der Waals surface area contributed by atoms with Gasteiger partial charge in [-0.2, -0.15) is 0 Å². The first-order valence-corrected chi connectivity index (χ1v) is 5.76. The molecule has 2 rings (SSSR count). The SMILES string of the molecule is Cc1noc(C)c1C(=O)COCc1ccccc1. The van der Waals surface area contributed by atoms with E-state index in [-0.39, 0.29) is 12.4 Å². The van der Waals surface area contributed by atoms with Crippen molar-refractivity contribution in [1.82, 2.24) is 5.16 Å². The first kappa shape index (κ1) is 12.5. The van der Waals surface area contributed by atoms with Crippen LogP contribution in [0.1, 0.15) is 27.4 Å². The number of hydrogen-bond acceptors (Lipinski definition) is 4. The summed E-state index contributed by atoms with van der Waals surface area (Å²) in [7, 11) is 0. The molecule has 0 fully saturated rings. The fourth-order valence-electron chi connectivity index (χ4n) is 1.79. The molecule has 0 unspecified atom stereocenters. The van der Waals surface area contributed by atoms with Gasteiger partial charge >= 0.3 is 0 Å². The Hall–Kier alpha value is -1.94. The summed E-state index contributed by atoms with van der Waals surface area (Å²) in [5, 5.41) is 3.75. The van der Waals surface area contributed by atoms with Gasteiger partial charge in [0.1, 0.15) is 12.4 Å². The Morgan fingerprint density at radius 3 is 2.61 bits per heavy atom. The number of benzene rings is 1. The highest BCUT2D eigenvalue weighted by Crippen LogP contribution is 2.13. The van der Waals surface area contributed by atoms with E-state index in [9.17, 15) is 4.79 Å². The maximum absolute atomic E-state index is 11.9. The minimum absolute atomic E-state index is 0.0395. The van der Waals surface area contributed by atoms with Crippen molar-refractivity contribution in [3.63, 3.8) is 0 Å². The van der Waals surface area contributed by atoms with Crippen molar-refractivity contribution >= 4 is 5.78 Å². The molecule has 4 nitrogen and oxygen atoms in total. The molecule has 0 amide bonds. The summed E-state index contributed by atoms with van der Waals surface area (Å²) in [4.78, 5) is 11.9. The first-order valence-electron chi connectivity index (χ1n) is 5.76. The van der Waals surface area contributed by atoms with E-state index in [2.05, 4.69) is 5.16 Å². The number of rotatable bonds is 5. The van der Waals surface area contributed by atoms with E-state index in [4.69, 9.17) is 9.26 Å². The van der Waals surface area contributed by atoms with E-state index in [0.29, 0.717) is 23.6 Å². The molecular weight excluding hydrogens is 230 g/mol. The van der Waals surface area contributed by atoms with E-state index in [0.717, 1.165) is 5.56 Å². The fourth-order valence-corrected chi connectivity index (χ4v) is 1.79. The molecule has 18 heavy (non-hydrogen) atoms. The summed E-state index contributed by atoms with van der Waals surface area (Å²) in [6.45, 7) is 3.94. The Labute approximate surface area is 106 Å². The minimum Gasteiger partial charge on any atom is -0.369 e. The molecule has 4 heteroatoms. The number of aromatic nitrogens is 1. The first-order chi connectivity index (χ1) is 8.68. The van der Waals surface area contributed by atoms with Gasteiger partial charge in [0.25, 0.3) is 0 Å². The van der Waals surface area contributed by atoms with Crippen molar-refractivity contribution in [1.29, 1.82) is 0 Å². The van der Waals surface area contributed by atoms with Crippen LogP contribution in [-0.4, -0.2) is 17.5 Å². The Kier molecular flexibility index (Phi) is 3.89. The Morgan fingerprint density at radius 2 is 2.00 bits per heavy atom. The van der Waals surface area contributed by atoms with Crippen LogP contribution >= 0.6 is 0 Å². The van der Waals surface area contributed by atoms with E-state index in [1.165, 1.54) is 0 Å². The van der Waals surface area contributed by atoms with Gasteiger partial charge in [0.15, 0.2) is 5.78 Å². The number of nitrogens with zero attached hydrogens (tertiary/aromatic N) is 1. The number of ketones is 1. The van der Waals surface area contributed by atoms with Crippen LogP contribution < -0.4 is 0 Å². The number of hydrogen-bond donors (Lipinski definition) is 0. The lowest BCUT2D eigenvalue weighted by atomic mass is 10.1. The van der Waals surface area contributed by atoms with Crippen molar-refractivity contribution in [2.45, 2.75) is 20.5 Å². The monoisotopic (exact) mass is 245 g/mol. The summed E-state index contributed by atoms with van der Waals surface area (Å²) in [6, 6.07) is 9.74. The predicted octanol–water partition coefficient (Wildman–Crippen LogP) is 2.69. The second kappa shape index (κ2) is 5.60. The molecule has 0 aliphatic heterocycles. The molecular formula is C14H15NO3. The van der Waals surface area contributed by atoms with Gasteiger partial charge in [-0.3, -0.25) is 4.79 Å². The van der Waals surface area contributed by atoms with Crippen molar-refractivity contribution in [3.05, 3.63) is 52.9 Å². The highest BCUT2D eigenvalue weighted by Gasteiger charge is 2.17. The fraction of sp³-hybridized carbons (Fsp3) is 0.286. The van der Waals surface area contributed by atoms with Gasteiger partial charge in [0.05, 0.1) is 17.9 Å². The third-order valence-corrected chi connectivity index (χ3v) is 2.66. The lowest BCUT2D eigenvalue weighted by Gasteiger charge is -2.03.